The summed E-state index contributed by atoms with van der Waals surface area (Å²) in [6, 6.07) is 2.61. The normalized spacial score (nSPS) is 20.1. The second kappa shape index (κ2) is 2.90. The number of cyclic esters (lactones) is 1. The molecule has 1 aliphatic rings. The molecule has 1 aliphatic heterocycles. The smallest absolute Gasteiger partial charge is 0.342 e. The second-order valence-electron chi connectivity index (χ2n) is 3.42. The van der Waals surface area contributed by atoms with Crippen molar-refractivity contribution in [3.8, 4) is 11.5 Å². The molecule has 0 aromatic heterocycles. The molecule has 2 rings (SSSR count). The SMILES string of the molecule is C[C@@H]1Cc2cc(O)cc(O)c2C(=O)O1. The van der Waals surface area contributed by atoms with Gasteiger partial charge >= 0.3 is 5.97 Å². The number of hydrogen-bond donors (Lipinski definition) is 2. The van der Waals surface area contributed by atoms with E-state index < -0.39 is 5.97 Å². The van der Waals surface area contributed by atoms with Crippen molar-refractivity contribution in [3.05, 3.63) is 23.3 Å². The summed E-state index contributed by atoms with van der Waals surface area (Å²) in [5.41, 5.74) is 0.798. The third-order valence-corrected chi connectivity index (χ3v) is 2.20. The Morgan fingerprint density at radius 2 is 2.14 bits per heavy atom. The lowest BCUT2D eigenvalue weighted by Crippen LogP contribution is -2.25. The van der Waals surface area contributed by atoms with Gasteiger partial charge in [0.15, 0.2) is 0 Å². The number of rotatable bonds is 0. The van der Waals surface area contributed by atoms with Crippen molar-refractivity contribution in [2.45, 2.75) is 19.4 Å². The van der Waals surface area contributed by atoms with Crippen LogP contribution in [0.25, 0.3) is 0 Å². The molecular formula is C10H10O4. The van der Waals surface area contributed by atoms with Gasteiger partial charge in [-0.15, -0.1) is 0 Å². The topological polar surface area (TPSA) is 66.8 Å². The van der Waals surface area contributed by atoms with E-state index in [1.54, 1.807) is 6.92 Å². The van der Waals surface area contributed by atoms with Crippen molar-refractivity contribution in [2.75, 3.05) is 0 Å². The Kier molecular flexibility index (Phi) is 1.84. The van der Waals surface area contributed by atoms with Crippen LogP contribution in [-0.4, -0.2) is 22.3 Å². The van der Waals surface area contributed by atoms with E-state index in [0.29, 0.717) is 12.0 Å². The van der Waals surface area contributed by atoms with E-state index in [0.717, 1.165) is 6.07 Å². The van der Waals surface area contributed by atoms with Crippen molar-refractivity contribution >= 4 is 5.97 Å². The molecule has 0 bridgehead atoms. The van der Waals surface area contributed by atoms with Crippen molar-refractivity contribution in [1.29, 1.82) is 0 Å². The first kappa shape index (κ1) is 8.87. The zero-order valence-corrected chi connectivity index (χ0v) is 7.65. The molecule has 1 heterocycles. The summed E-state index contributed by atoms with van der Waals surface area (Å²) >= 11 is 0. The minimum Gasteiger partial charge on any atom is -0.508 e. The molecule has 0 radical (unpaired) electrons. The number of ether oxygens (including phenoxy) is 1. The molecule has 0 spiro atoms. The first-order valence-electron chi connectivity index (χ1n) is 4.34. The third-order valence-electron chi connectivity index (χ3n) is 2.20. The number of aromatic hydroxyl groups is 2. The van der Waals surface area contributed by atoms with Crippen LogP contribution in [0, 0.1) is 0 Å². The fourth-order valence-electron chi connectivity index (χ4n) is 1.66. The van der Waals surface area contributed by atoms with Gasteiger partial charge in [-0.2, -0.15) is 0 Å². The Hall–Kier alpha value is -1.71. The lowest BCUT2D eigenvalue weighted by atomic mass is 9.98. The summed E-state index contributed by atoms with van der Waals surface area (Å²) in [5, 5.41) is 18.7. The molecule has 14 heavy (non-hydrogen) atoms. The fourth-order valence-corrected chi connectivity index (χ4v) is 1.66. The molecule has 1 aromatic rings. The number of phenolic OH excluding ortho intramolecular Hbond substituents is 2. The van der Waals surface area contributed by atoms with Crippen LogP contribution in [0.15, 0.2) is 12.1 Å². The number of phenols is 2. The number of hydrogen-bond acceptors (Lipinski definition) is 4. The van der Waals surface area contributed by atoms with E-state index in [-0.39, 0.29) is 23.2 Å². The zero-order valence-electron chi connectivity index (χ0n) is 7.65. The molecule has 74 valence electrons. The van der Waals surface area contributed by atoms with Gasteiger partial charge in [-0.3, -0.25) is 0 Å². The minimum absolute atomic E-state index is 0.0387. The van der Waals surface area contributed by atoms with Crippen LogP contribution < -0.4 is 0 Å². The molecule has 1 atom stereocenters. The molecule has 4 heteroatoms. The van der Waals surface area contributed by atoms with Crippen LogP contribution >= 0.6 is 0 Å². The molecule has 0 saturated carbocycles. The maximum atomic E-state index is 11.4. The lowest BCUT2D eigenvalue weighted by molar-refractivity contribution is 0.0297. The summed E-state index contributed by atoms with van der Waals surface area (Å²) in [6.45, 7) is 1.77. The Morgan fingerprint density at radius 3 is 2.86 bits per heavy atom. The van der Waals surface area contributed by atoms with Gasteiger partial charge < -0.3 is 14.9 Å². The maximum absolute atomic E-state index is 11.4. The van der Waals surface area contributed by atoms with E-state index in [1.807, 2.05) is 0 Å². The Labute approximate surface area is 80.7 Å². The van der Waals surface area contributed by atoms with Gasteiger partial charge in [0.2, 0.25) is 0 Å². The van der Waals surface area contributed by atoms with E-state index in [9.17, 15) is 15.0 Å². The molecule has 4 nitrogen and oxygen atoms in total. The predicted octanol–water partition coefficient (Wildman–Crippen LogP) is 1.20. The van der Waals surface area contributed by atoms with Crippen molar-refractivity contribution in [1.82, 2.24) is 0 Å². The average molecular weight is 194 g/mol. The van der Waals surface area contributed by atoms with Crippen molar-refractivity contribution in [2.24, 2.45) is 0 Å². The highest BCUT2D eigenvalue weighted by atomic mass is 16.5. The molecule has 2 N–H and O–H groups in total. The number of carbonyl (C=O) groups excluding carboxylic acids is 1. The van der Waals surface area contributed by atoms with Crippen LogP contribution in [-0.2, 0) is 11.2 Å². The maximum Gasteiger partial charge on any atom is 0.342 e. The molecule has 1 aromatic carbocycles. The Bertz CT molecular complexity index is 397. The number of fused-ring (bicyclic) bond motifs is 1. The van der Waals surface area contributed by atoms with Gasteiger partial charge in [0.1, 0.15) is 23.2 Å². The summed E-state index contributed by atoms with van der Waals surface area (Å²) < 4.78 is 4.95. The zero-order chi connectivity index (χ0) is 10.3. The molecule has 0 aliphatic carbocycles. The molecule has 0 fully saturated rings. The van der Waals surface area contributed by atoms with E-state index in [1.165, 1.54) is 6.07 Å². The van der Waals surface area contributed by atoms with Gasteiger partial charge in [-0.05, 0) is 18.6 Å². The first-order chi connectivity index (χ1) is 6.58. The first-order valence-corrected chi connectivity index (χ1v) is 4.34. The van der Waals surface area contributed by atoms with Gasteiger partial charge in [-0.25, -0.2) is 4.79 Å². The van der Waals surface area contributed by atoms with Crippen LogP contribution in [0.1, 0.15) is 22.8 Å². The van der Waals surface area contributed by atoms with Crippen LogP contribution in [0.3, 0.4) is 0 Å². The monoisotopic (exact) mass is 194 g/mol. The average Bonchev–Trinajstić information content (AvgIpc) is 1.99. The highest BCUT2D eigenvalue weighted by molar-refractivity contribution is 5.95. The third kappa shape index (κ3) is 1.28. The van der Waals surface area contributed by atoms with E-state index >= 15 is 0 Å². The highest BCUT2D eigenvalue weighted by Crippen LogP contribution is 2.32. The number of carbonyl (C=O) groups is 1. The minimum atomic E-state index is -0.531. The summed E-state index contributed by atoms with van der Waals surface area (Å²) in [5.74, 6) is -0.795. The lowest BCUT2D eigenvalue weighted by Gasteiger charge is -2.22. The van der Waals surface area contributed by atoms with Crippen molar-refractivity contribution < 1.29 is 19.7 Å². The molecular weight excluding hydrogens is 184 g/mol. The Balaban J connectivity index is 2.59. The summed E-state index contributed by atoms with van der Waals surface area (Å²) in [7, 11) is 0. The quantitative estimate of drug-likeness (QED) is 0.609. The van der Waals surface area contributed by atoms with Gasteiger partial charge in [-0.1, -0.05) is 0 Å². The van der Waals surface area contributed by atoms with Crippen LogP contribution in [0.5, 0.6) is 11.5 Å². The second-order valence-corrected chi connectivity index (χ2v) is 3.42. The standard InChI is InChI=1S/C10H10O4/c1-5-2-6-3-7(11)4-8(12)9(6)10(13)14-5/h3-5,11-12H,2H2,1H3/t5-/m1/s1. The molecule has 0 saturated heterocycles. The van der Waals surface area contributed by atoms with Crippen LogP contribution in [0.4, 0.5) is 0 Å². The van der Waals surface area contributed by atoms with Crippen LogP contribution in [0.2, 0.25) is 0 Å². The fraction of sp³-hybridized carbons (Fsp3) is 0.300. The van der Waals surface area contributed by atoms with Gasteiger partial charge in [0, 0.05) is 12.5 Å². The predicted molar refractivity (Wildman–Crippen MR) is 48.4 cm³/mol. The molecule has 0 amide bonds. The highest BCUT2D eigenvalue weighted by Gasteiger charge is 2.27. The van der Waals surface area contributed by atoms with E-state index in [2.05, 4.69) is 0 Å². The van der Waals surface area contributed by atoms with E-state index in [4.69, 9.17) is 4.74 Å². The summed E-state index contributed by atoms with van der Waals surface area (Å²) in [4.78, 5) is 11.4. The molecule has 0 unspecified atom stereocenters. The van der Waals surface area contributed by atoms with Crippen molar-refractivity contribution in [3.63, 3.8) is 0 Å². The number of esters is 1. The van der Waals surface area contributed by atoms with Gasteiger partial charge in [0.05, 0.1) is 0 Å². The summed E-state index contributed by atoms with van der Waals surface area (Å²) in [6.07, 6.45) is 0.305. The van der Waals surface area contributed by atoms with Gasteiger partial charge in [0.25, 0.3) is 0 Å². The largest absolute Gasteiger partial charge is 0.508 e. The number of benzene rings is 1. The Morgan fingerprint density at radius 1 is 1.43 bits per heavy atom.